The zero-order valence-electron chi connectivity index (χ0n) is 17.5. The maximum absolute atomic E-state index is 12.8. The molecule has 3 heterocycles. The fraction of sp³-hybridized carbons (Fsp3) is 0.632. The van der Waals surface area contributed by atoms with Crippen molar-refractivity contribution in [2.45, 2.75) is 46.8 Å². The van der Waals surface area contributed by atoms with E-state index in [2.05, 4.69) is 56.3 Å². The van der Waals surface area contributed by atoms with Gasteiger partial charge in [0, 0.05) is 49.3 Å². The van der Waals surface area contributed by atoms with Crippen LogP contribution in [0.5, 0.6) is 0 Å². The molecule has 0 bridgehead atoms. The van der Waals surface area contributed by atoms with Crippen molar-refractivity contribution in [3.05, 3.63) is 29.3 Å². The number of aromatic nitrogens is 5. The van der Waals surface area contributed by atoms with E-state index >= 15 is 0 Å². The van der Waals surface area contributed by atoms with Gasteiger partial charge in [-0.3, -0.25) is 14.7 Å². The smallest absolute Gasteiger partial charge is 0.244 e. The summed E-state index contributed by atoms with van der Waals surface area (Å²) in [5.74, 6) is 0.772. The van der Waals surface area contributed by atoms with Crippen LogP contribution in [-0.2, 0) is 17.9 Å². The second-order valence-electron chi connectivity index (χ2n) is 7.74. The third-order valence-electron chi connectivity index (χ3n) is 5.23. The normalized spacial score (nSPS) is 15.0. The summed E-state index contributed by atoms with van der Waals surface area (Å²) in [5.41, 5.74) is 3.22. The van der Waals surface area contributed by atoms with E-state index in [0.29, 0.717) is 31.5 Å². The minimum atomic E-state index is 0.0579. The van der Waals surface area contributed by atoms with E-state index in [4.69, 9.17) is 0 Å². The molecule has 0 saturated carbocycles. The molecule has 28 heavy (non-hydrogen) atoms. The van der Waals surface area contributed by atoms with Gasteiger partial charge in [-0.15, -0.1) is 5.10 Å². The maximum atomic E-state index is 12.8. The van der Waals surface area contributed by atoms with E-state index < -0.39 is 0 Å². The zero-order chi connectivity index (χ0) is 20.3. The van der Waals surface area contributed by atoms with Gasteiger partial charge in [0.05, 0.1) is 6.54 Å². The standard InChI is InChI=1S/C19H30N8O/c1-14(2)24(5)12-18-21-22-23-27(18)13-19(28)26-8-6-25(7-9-26)17-10-15(3)20-16(4)11-17/h10-11,14H,6-9,12-13H2,1-5H3. The molecule has 9 nitrogen and oxygen atoms in total. The van der Waals surface area contributed by atoms with Crippen LogP contribution >= 0.6 is 0 Å². The number of tetrazole rings is 1. The molecule has 1 saturated heterocycles. The average molecular weight is 387 g/mol. The van der Waals surface area contributed by atoms with Gasteiger partial charge in [-0.25, -0.2) is 4.68 Å². The van der Waals surface area contributed by atoms with Crippen LogP contribution < -0.4 is 4.90 Å². The summed E-state index contributed by atoms with van der Waals surface area (Å²) in [4.78, 5) is 23.5. The Morgan fingerprint density at radius 3 is 2.39 bits per heavy atom. The summed E-state index contributed by atoms with van der Waals surface area (Å²) in [7, 11) is 2.02. The second kappa shape index (κ2) is 8.64. The van der Waals surface area contributed by atoms with Crippen LogP contribution in [0.2, 0.25) is 0 Å². The number of pyridine rings is 1. The summed E-state index contributed by atoms with van der Waals surface area (Å²) in [6, 6.07) is 4.58. The summed E-state index contributed by atoms with van der Waals surface area (Å²) < 4.78 is 1.61. The van der Waals surface area contributed by atoms with Crippen molar-refractivity contribution < 1.29 is 4.79 Å². The summed E-state index contributed by atoms with van der Waals surface area (Å²) in [6.07, 6.45) is 0. The van der Waals surface area contributed by atoms with Crippen LogP contribution in [0.3, 0.4) is 0 Å². The van der Waals surface area contributed by atoms with E-state index in [9.17, 15) is 4.79 Å². The summed E-state index contributed by atoms with van der Waals surface area (Å²) in [5, 5.41) is 11.8. The van der Waals surface area contributed by atoms with Crippen molar-refractivity contribution in [2.24, 2.45) is 0 Å². The minimum Gasteiger partial charge on any atom is -0.368 e. The van der Waals surface area contributed by atoms with Crippen LogP contribution in [0.1, 0.15) is 31.1 Å². The highest BCUT2D eigenvalue weighted by atomic mass is 16.2. The van der Waals surface area contributed by atoms with Crippen LogP contribution in [0, 0.1) is 13.8 Å². The predicted octanol–water partition coefficient (Wildman–Crippen LogP) is 0.874. The lowest BCUT2D eigenvalue weighted by Gasteiger charge is -2.36. The number of hydrogen-bond donors (Lipinski definition) is 0. The number of carbonyl (C=O) groups excluding carboxylic acids is 1. The Morgan fingerprint density at radius 2 is 1.79 bits per heavy atom. The fourth-order valence-corrected chi connectivity index (χ4v) is 3.30. The van der Waals surface area contributed by atoms with Crippen LogP contribution in [-0.4, -0.2) is 80.2 Å². The molecule has 0 atom stereocenters. The van der Waals surface area contributed by atoms with Crippen LogP contribution in [0.4, 0.5) is 5.69 Å². The Labute approximate surface area is 166 Å². The fourth-order valence-electron chi connectivity index (χ4n) is 3.30. The van der Waals surface area contributed by atoms with Gasteiger partial charge < -0.3 is 9.80 Å². The van der Waals surface area contributed by atoms with E-state index in [1.807, 2.05) is 25.8 Å². The molecule has 0 spiro atoms. The van der Waals surface area contributed by atoms with Gasteiger partial charge in [-0.05, 0) is 57.3 Å². The van der Waals surface area contributed by atoms with E-state index in [-0.39, 0.29) is 12.5 Å². The van der Waals surface area contributed by atoms with Crippen molar-refractivity contribution in [2.75, 3.05) is 38.1 Å². The molecule has 0 aromatic carbocycles. The van der Waals surface area contributed by atoms with E-state index in [1.54, 1.807) is 4.68 Å². The largest absolute Gasteiger partial charge is 0.368 e. The monoisotopic (exact) mass is 386 g/mol. The Hall–Kier alpha value is -2.55. The van der Waals surface area contributed by atoms with Gasteiger partial charge >= 0.3 is 0 Å². The van der Waals surface area contributed by atoms with Gasteiger partial charge in [0.25, 0.3) is 0 Å². The van der Waals surface area contributed by atoms with E-state index in [1.165, 1.54) is 5.69 Å². The topological polar surface area (TPSA) is 83.3 Å². The third-order valence-corrected chi connectivity index (χ3v) is 5.23. The second-order valence-corrected chi connectivity index (χ2v) is 7.74. The first kappa shape index (κ1) is 20.2. The lowest BCUT2D eigenvalue weighted by Crippen LogP contribution is -2.49. The van der Waals surface area contributed by atoms with E-state index in [0.717, 1.165) is 24.5 Å². The Kier molecular flexibility index (Phi) is 6.23. The Balaban J connectivity index is 1.57. The first-order valence-corrected chi connectivity index (χ1v) is 9.77. The first-order valence-electron chi connectivity index (χ1n) is 9.77. The summed E-state index contributed by atoms with van der Waals surface area (Å²) >= 11 is 0. The molecule has 1 fully saturated rings. The van der Waals surface area contributed by atoms with Crippen LogP contribution in [0.15, 0.2) is 12.1 Å². The summed E-state index contributed by atoms with van der Waals surface area (Å²) in [6.45, 7) is 12.1. The number of nitrogens with zero attached hydrogens (tertiary/aromatic N) is 8. The van der Waals surface area contributed by atoms with Gasteiger partial charge in [-0.1, -0.05) is 0 Å². The zero-order valence-corrected chi connectivity index (χ0v) is 17.5. The maximum Gasteiger partial charge on any atom is 0.244 e. The highest BCUT2D eigenvalue weighted by Gasteiger charge is 2.23. The molecule has 1 amide bonds. The molecule has 0 N–H and O–H groups in total. The number of aryl methyl sites for hydroxylation is 2. The molecule has 152 valence electrons. The van der Waals surface area contributed by atoms with Crippen molar-refractivity contribution in [1.29, 1.82) is 0 Å². The molecule has 2 aromatic rings. The number of rotatable bonds is 6. The van der Waals surface area contributed by atoms with Crippen molar-refractivity contribution in [3.8, 4) is 0 Å². The number of amides is 1. The highest BCUT2D eigenvalue weighted by Crippen LogP contribution is 2.18. The van der Waals surface area contributed by atoms with Gasteiger partial charge in [0.15, 0.2) is 5.82 Å². The molecule has 0 aliphatic carbocycles. The lowest BCUT2D eigenvalue weighted by atomic mass is 10.2. The third kappa shape index (κ3) is 4.83. The Morgan fingerprint density at radius 1 is 1.14 bits per heavy atom. The molecule has 2 aromatic heterocycles. The highest BCUT2D eigenvalue weighted by molar-refractivity contribution is 5.76. The minimum absolute atomic E-state index is 0.0579. The number of piperazine rings is 1. The molecular weight excluding hydrogens is 356 g/mol. The van der Waals surface area contributed by atoms with Crippen molar-refractivity contribution >= 4 is 11.6 Å². The van der Waals surface area contributed by atoms with Crippen LogP contribution in [0.25, 0.3) is 0 Å². The molecule has 9 heteroatoms. The first-order chi connectivity index (χ1) is 13.3. The molecule has 3 rings (SSSR count). The number of carbonyl (C=O) groups is 1. The molecule has 0 radical (unpaired) electrons. The Bertz CT molecular complexity index is 790. The number of anilines is 1. The predicted molar refractivity (Wildman–Crippen MR) is 107 cm³/mol. The lowest BCUT2D eigenvalue weighted by molar-refractivity contribution is -0.132. The molecule has 1 aliphatic rings. The van der Waals surface area contributed by atoms with Crippen molar-refractivity contribution in [3.63, 3.8) is 0 Å². The van der Waals surface area contributed by atoms with Gasteiger partial charge in [-0.2, -0.15) is 0 Å². The molecular formula is C19H30N8O. The number of hydrogen-bond acceptors (Lipinski definition) is 7. The molecule has 0 unspecified atom stereocenters. The van der Waals surface area contributed by atoms with Gasteiger partial charge in [0.2, 0.25) is 5.91 Å². The molecule has 1 aliphatic heterocycles. The van der Waals surface area contributed by atoms with Gasteiger partial charge in [0.1, 0.15) is 6.54 Å². The SMILES string of the molecule is Cc1cc(N2CCN(C(=O)Cn3nnnc3CN(C)C(C)C)CC2)cc(C)n1. The van der Waals surface area contributed by atoms with Crippen molar-refractivity contribution in [1.82, 2.24) is 35.0 Å². The quantitative estimate of drug-likeness (QED) is 0.728. The average Bonchev–Trinajstić information content (AvgIpc) is 3.07.